The standard InChI is InChI=1S/C18H20O3/c1-3-7-14-10-11-16(17(12-14)20-2)21-18(19)13-15-8-5-4-6-9-15/h4-6,8-12H,3,7,13H2,1-2H3. The third kappa shape index (κ3) is 4.35. The molecule has 0 saturated heterocycles. The number of carbonyl (C=O) groups is 1. The van der Waals surface area contributed by atoms with E-state index in [9.17, 15) is 4.79 Å². The van der Waals surface area contributed by atoms with Crippen molar-refractivity contribution in [2.75, 3.05) is 7.11 Å². The number of benzene rings is 2. The number of methoxy groups -OCH3 is 1. The van der Waals surface area contributed by atoms with Crippen LogP contribution in [-0.2, 0) is 17.6 Å². The molecule has 3 nitrogen and oxygen atoms in total. The summed E-state index contributed by atoms with van der Waals surface area (Å²) in [7, 11) is 1.58. The Bertz CT molecular complexity index is 591. The maximum Gasteiger partial charge on any atom is 0.315 e. The van der Waals surface area contributed by atoms with Crippen LogP contribution in [0.5, 0.6) is 11.5 Å². The van der Waals surface area contributed by atoms with Gasteiger partial charge in [0.25, 0.3) is 0 Å². The SMILES string of the molecule is CCCc1ccc(OC(=O)Cc2ccccc2)c(OC)c1. The molecule has 0 aliphatic rings. The van der Waals surface area contributed by atoms with E-state index in [4.69, 9.17) is 9.47 Å². The van der Waals surface area contributed by atoms with E-state index < -0.39 is 0 Å². The van der Waals surface area contributed by atoms with Gasteiger partial charge in [0, 0.05) is 0 Å². The van der Waals surface area contributed by atoms with Gasteiger partial charge in [-0.2, -0.15) is 0 Å². The molecule has 0 heterocycles. The Morgan fingerprint density at radius 2 is 1.76 bits per heavy atom. The van der Waals surface area contributed by atoms with Crippen molar-refractivity contribution in [3.63, 3.8) is 0 Å². The minimum atomic E-state index is -0.289. The molecule has 2 aromatic rings. The molecular formula is C18H20O3. The van der Waals surface area contributed by atoms with Crippen molar-refractivity contribution in [2.45, 2.75) is 26.2 Å². The van der Waals surface area contributed by atoms with Crippen molar-refractivity contribution in [3.05, 3.63) is 59.7 Å². The summed E-state index contributed by atoms with van der Waals surface area (Å²) in [4.78, 5) is 12.0. The molecule has 0 amide bonds. The van der Waals surface area contributed by atoms with Crippen LogP contribution >= 0.6 is 0 Å². The molecule has 2 aromatic carbocycles. The van der Waals surface area contributed by atoms with Crippen LogP contribution < -0.4 is 9.47 Å². The summed E-state index contributed by atoms with van der Waals surface area (Å²) in [6.45, 7) is 2.13. The van der Waals surface area contributed by atoms with E-state index in [1.807, 2.05) is 42.5 Å². The molecule has 0 fully saturated rings. The minimum Gasteiger partial charge on any atom is -0.493 e. The van der Waals surface area contributed by atoms with E-state index in [0.29, 0.717) is 11.5 Å². The largest absolute Gasteiger partial charge is 0.493 e. The number of rotatable bonds is 6. The molecular weight excluding hydrogens is 264 g/mol. The van der Waals surface area contributed by atoms with Crippen LogP contribution in [0.3, 0.4) is 0 Å². The predicted molar refractivity (Wildman–Crippen MR) is 82.8 cm³/mol. The molecule has 110 valence electrons. The van der Waals surface area contributed by atoms with Gasteiger partial charge in [0.15, 0.2) is 11.5 Å². The lowest BCUT2D eigenvalue weighted by Gasteiger charge is -2.11. The van der Waals surface area contributed by atoms with E-state index >= 15 is 0 Å². The summed E-state index contributed by atoms with van der Waals surface area (Å²) in [5, 5.41) is 0. The molecule has 0 bridgehead atoms. The van der Waals surface area contributed by atoms with Crippen molar-refractivity contribution in [2.24, 2.45) is 0 Å². The molecule has 21 heavy (non-hydrogen) atoms. The van der Waals surface area contributed by atoms with Crippen LogP contribution in [0.25, 0.3) is 0 Å². The van der Waals surface area contributed by atoms with Crippen LogP contribution in [-0.4, -0.2) is 13.1 Å². The van der Waals surface area contributed by atoms with Gasteiger partial charge in [-0.15, -0.1) is 0 Å². The molecule has 0 radical (unpaired) electrons. The predicted octanol–water partition coefficient (Wildman–Crippen LogP) is 3.80. The summed E-state index contributed by atoms with van der Waals surface area (Å²) in [6.07, 6.45) is 2.30. The lowest BCUT2D eigenvalue weighted by atomic mass is 10.1. The Morgan fingerprint density at radius 3 is 2.43 bits per heavy atom. The third-order valence-corrected chi connectivity index (χ3v) is 3.18. The number of carbonyl (C=O) groups excluding carboxylic acids is 1. The van der Waals surface area contributed by atoms with Crippen LogP contribution in [0.2, 0.25) is 0 Å². The molecule has 0 aliphatic carbocycles. The normalized spacial score (nSPS) is 10.2. The quantitative estimate of drug-likeness (QED) is 0.598. The van der Waals surface area contributed by atoms with Gasteiger partial charge in [0.05, 0.1) is 13.5 Å². The number of ether oxygens (including phenoxy) is 2. The summed E-state index contributed by atoms with van der Waals surface area (Å²) < 4.78 is 10.7. The highest BCUT2D eigenvalue weighted by Gasteiger charge is 2.11. The van der Waals surface area contributed by atoms with E-state index in [1.54, 1.807) is 13.2 Å². The van der Waals surface area contributed by atoms with Crippen LogP contribution in [0.1, 0.15) is 24.5 Å². The zero-order valence-electron chi connectivity index (χ0n) is 12.5. The fraction of sp³-hybridized carbons (Fsp3) is 0.278. The van der Waals surface area contributed by atoms with Crippen LogP contribution in [0.15, 0.2) is 48.5 Å². The average Bonchev–Trinajstić information content (AvgIpc) is 2.50. The second kappa shape index (κ2) is 7.48. The molecule has 0 aromatic heterocycles. The zero-order valence-corrected chi connectivity index (χ0v) is 12.5. The highest BCUT2D eigenvalue weighted by atomic mass is 16.6. The van der Waals surface area contributed by atoms with E-state index in [1.165, 1.54) is 5.56 Å². The van der Waals surface area contributed by atoms with E-state index in [2.05, 4.69) is 6.92 Å². The molecule has 3 heteroatoms. The first kappa shape index (κ1) is 15.1. The maximum atomic E-state index is 12.0. The lowest BCUT2D eigenvalue weighted by molar-refractivity contribution is -0.133. The van der Waals surface area contributed by atoms with Gasteiger partial charge >= 0.3 is 5.97 Å². The number of hydrogen-bond donors (Lipinski definition) is 0. The molecule has 0 N–H and O–H groups in total. The fourth-order valence-electron chi connectivity index (χ4n) is 2.16. The van der Waals surface area contributed by atoms with Crippen molar-refractivity contribution >= 4 is 5.97 Å². The Labute approximate surface area is 125 Å². The fourth-order valence-corrected chi connectivity index (χ4v) is 2.16. The first-order chi connectivity index (χ1) is 10.2. The molecule has 0 saturated carbocycles. The molecule has 0 spiro atoms. The summed E-state index contributed by atoms with van der Waals surface area (Å²) in [5.41, 5.74) is 2.11. The van der Waals surface area contributed by atoms with Crippen LogP contribution in [0.4, 0.5) is 0 Å². The Morgan fingerprint density at radius 1 is 1.00 bits per heavy atom. The summed E-state index contributed by atoms with van der Waals surface area (Å²) in [5.74, 6) is 0.781. The zero-order chi connectivity index (χ0) is 15.1. The molecule has 0 unspecified atom stereocenters. The third-order valence-electron chi connectivity index (χ3n) is 3.18. The lowest BCUT2D eigenvalue weighted by Crippen LogP contribution is -2.11. The molecule has 0 aliphatic heterocycles. The van der Waals surface area contributed by atoms with Gasteiger partial charge < -0.3 is 9.47 Å². The number of aryl methyl sites for hydroxylation is 1. The van der Waals surface area contributed by atoms with E-state index in [-0.39, 0.29) is 12.4 Å². The van der Waals surface area contributed by atoms with Gasteiger partial charge in [-0.1, -0.05) is 49.7 Å². The van der Waals surface area contributed by atoms with Gasteiger partial charge in [0.2, 0.25) is 0 Å². The second-order valence-electron chi connectivity index (χ2n) is 4.87. The summed E-state index contributed by atoms with van der Waals surface area (Å²) in [6, 6.07) is 15.2. The second-order valence-corrected chi connectivity index (χ2v) is 4.87. The maximum absolute atomic E-state index is 12.0. The highest BCUT2D eigenvalue weighted by Crippen LogP contribution is 2.28. The van der Waals surface area contributed by atoms with Gasteiger partial charge in [-0.3, -0.25) is 4.79 Å². The Hall–Kier alpha value is -2.29. The topological polar surface area (TPSA) is 35.5 Å². The number of hydrogen-bond acceptors (Lipinski definition) is 3. The molecule has 0 atom stereocenters. The van der Waals surface area contributed by atoms with Crippen molar-refractivity contribution < 1.29 is 14.3 Å². The van der Waals surface area contributed by atoms with Gasteiger partial charge in [-0.05, 0) is 29.7 Å². The van der Waals surface area contributed by atoms with Gasteiger partial charge in [-0.25, -0.2) is 0 Å². The molecule has 2 rings (SSSR count). The van der Waals surface area contributed by atoms with Crippen molar-refractivity contribution in [1.29, 1.82) is 0 Å². The monoisotopic (exact) mass is 284 g/mol. The van der Waals surface area contributed by atoms with Crippen LogP contribution in [0, 0.1) is 0 Å². The Balaban J connectivity index is 2.06. The van der Waals surface area contributed by atoms with Crippen molar-refractivity contribution in [1.82, 2.24) is 0 Å². The first-order valence-electron chi connectivity index (χ1n) is 7.14. The average molecular weight is 284 g/mol. The minimum absolute atomic E-state index is 0.251. The highest BCUT2D eigenvalue weighted by molar-refractivity contribution is 5.76. The summed E-state index contributed by atoms with van der Waals surface area (Å²) >= 11 is 0. The smallest absolute Gasteiger partial charge is 0.315 e. The van der Waals surface area contributed by atoms with Gasteiger partial charge in [0.1, 0.15) is 0 Å². The number of esters is 1. The Kier molecular flexibility index (Phi) is 5.38. The first-order valence-corrected chi connectivity index (χ1v) is 7.14. The van der Waals surface area contributed by atoms with E-state index in [0.717, 1.165) is 18.4 Å². The van der Waals surface area contributed by atoms with Crippen molar-refractivity contribution in [3.8, 4) is 11.5 Å².